The topological polar surface area (TPSA) is 61.4 Å². The fourth-order valence-electron chi connectivity index (χ4n) is 4.76. The van der Waals surface area contributed by atoms with Crippen LogP contribution in [0.1, 0.15) is 53.7 Å². The highest BCUT2D eigenvalue weighted by Crippen LogP contribution is 2.31. The van der Waals surface area contributed by atoms with Gasteiger partial charge in [-0.25, -0.2) is 9.97 Å². The van der Waals surface area contributed by atoms with E-state index >= 15 is 0 Å². The van der Waals surface area contributed by atoms with Gasteiger partial charge in [0, 0.05) is 25.7 Å². The van der Waals surface area contributed by atoms with Crippen molar-refractivity contribution in [2.75, 3.05) is 31.1 Å². The largest absolute Gasteiger partial charge is 0.348 e. The van der Waals surface area contributed by atoms with Gasteiger partial charge in [-0.05, 0) is 57.3 Å². The van der Waals surface area contributed by atoms with Crippen LogP contribution in [0.25, 0.3) is 10.2 Å². The normalized spacial score (nSPS) is 18.2. The molecule has 1 amide bonds. The molecule has 2 aliphatic heterocycles. The molecule has 5 rings (SSSR count). The number of amides is 1. The average Bonchev–Trinajstić information content (AvgIpc) is 3.28. The predicted molar refractivity (Wildman–Crippen MR) is 130 cm³/mol. The van der Waals surface area contributed by atoms with E-state index in [1.165, 1.54) is 50.8 Å². The van der Waals surface area contributed by atoms with Crippen molar-refractivity contribution in [3.05, 3.63) is 53.3 Å². The number of fused-ring (bicyclic) bond motifs is 1. The molecule has 0 atom stereocenters. The molecule has 6 nitrogen and oxygen atoms in total. The van der Waals surface area contributed by atoms with Crippen molar-refractivity contribution in [2.45, 2.75) is 51.6 Å². The van der Waals surface area contributed by atoms with Crippen LogP contribution in [0.2, 0.25) is 0 Å². The number of aryl methyl sites for hydroxylation is 1. The third kappa shape index (κ3) is 4.79. The van der Waals surface area contributed by atoms with E-state index in [1.54, 1.807) is 17.5 Å². The lowest BCUT2D eigenvalue weighted by atomic mass is 10.0. The van der Waals surface area contributed by atoms with Gasteiger partial charge in [0.15, 0.2) is 5.13 Å². The maximum atomic E-state index is 12.6. The molecule has 0 bridgehead atoms. The first-order valence-corrected chi connectivity index (χ1v) is 12.6. The van der Waals surface area contributed by atoms with E-state index in [0.717, 1.165) is 40.0 Å². The molecule has 0 saturated carbocycles. The Labute approximate surface area is 193 Å². The van der Waals surface area contributed by atoms with Crippen LogP contribution in [0.4, 0.5) is 5.13 Å². The summed E-state index contributed by atoms with van der Waals surface area (Å²) in [4.78, 5) is 26.9. The van der Waals surface area contributed by atoms with E-state index in [-0.39, 0.29) is 5.91 Å². The van der Waals surface area contributed by atoms with E-state index < -0.39 is 0 Å². The van der Waals surface area contributed by atoms with E-state index in [0.29, 0.717) is 12.2 Å². The lowest BCUT2D eigenvalue weighted by molar-refractivity contribution is 0.0946. The summed E-state index contributed by atoms with van der Waals surface area (Å²) >= 11 is 1.67. The molecular weight excluding hydrogens is 418 g/mol. The summed E-state index contributed by atoms with van der Waals surface area (Å²) in [5, 5.41) is 4.03. The molecular formula is C25H31N5OS. The van der Waals surface area contributed by atoms with Gasteiger partial charge in [-0.3, -0.25) is 4.79 Å². The molecule has 32 heavy (non-hydrogen) atoms. The van der Waals surface area contributed by atoms with E-state index in [9.17, 15) is 4.79 Å². The SMILES string of the molecule is Cc1ccc(CNC(=O)c2cc3sc(N4CCC(N5CCCCC5)CC4)nc3cn2)cc1. The molecule has 1 aromatic carbocycles. The Hall–Kier alpha value is -2.51. The molecule has 3 aromatic rings. The van der Waals surface area contributed by atoms with E-state index in [4.69, 9.17) is 4.98 Å². The van der Waals surface area contributed by atoms with Crippen molar-refractivity contribution >= 4 is 32.6 Å². The van der Waals surface area contributed by atoms with Crippen LogP contribution in [0.5, 0.6) is 0 Å². The zero-order valence-corrected chi connectivity index (χ0v) is 19.5. The highest BCUT2D eigenvalue weighted by molar-refractivity contribution is 7.22. The predicted octanol–water partition coefficient (Wildman–Crippen LogP) is 4.38. The Balaban J connectivity index is 1.21. The van der Waals surface area contributed by atoms with E-state index in [2.05, 4.69) is 39.2 Å². The van der Waals surface area contributed by atoms with Gasteiger partial charge in [-0.2, -0.15) is 0 Å². The molecule has 2 fully saturated rings. The van der Waals surface area contributed by atoms with Crippen molar-refractivity contribution in [1.29, 1.82) is 0 Å². The number of carbonyl (C=O) groups excluding carboxylic acids is 1. The Morgan fingerprint density at radius 1 is 1.09 bits per heavy atom. The van der Waals surface area contributed by atoms with Gasteiger partial charge >= 0.3 is 0 Å². The second kappa shape index (κ2) is 9.55. The summed E-state index contributed by atoms with van der Waals surface area (Å²) in [5.74, 6) is -0.148. The number of benzene rings is 1. The first-order chi connectivity index (χ1) is 15.7. The molecule has 2 aliphatic rings. The fourth-order valence-corrected chi connectivity index (χ4v) is 5.79. The molecule has 1 N–H and O–H groups in total. The average molecular weight is 450 g/mol. The molecule has 168 valence electrons. The number of aromatic nitrogens is 2. The Morgan fingerprint density at radius 3 is 2.59 bits per heavy atom. The van der Waals surface area contributed by atoms with Crippen LogP contribution < -0.4 is 10.2 Å². The third-order valence-corrected chi connectivity index (χ3v) is 7.79. The molecule has 2 saturated heterocycles. The summed E-state index contributed by atoms with van der Waals surface area (Å²) in [7, 11) is 0. The zero-order chi connectivity index (χ0) is 21.9. The quantitative estimate of drug-likeness (QED) is 0.626. The van der Waals surface area contributed by atoms with Gasteiger partial charge in [0.1, 0.15) is 11.2 Å². The van der Waals surface area contributed by atoms with Gasteiger partial charge in [0.25, 0.3) is 5.91 Å². The first kappa shape index (κ1) is 21.3. The third-order valence-electron chi connectivity index (χ3n) is 6.71. The number of carbonyl (C=O) groups is 1. The van der Waals surface area contributed by atoms with Crippen LogP contribution in [0, 0.1) is 6.92 Å². The number of anilines is 1. The van der Waals surface area contributed by atoms with E-state index in [1.807, 2.05) is 18.2 Å². The zero-order valence-electron chi connectivity index (χ0n) is 18.7. The number of hydrogen-bond acceptors (Lipinski definition) is 6. The molecule has 4 heterocycles. The Kier molecular flexibility index (Phi) is 6.37. The second-order valence-corrected chi connectivity index (χ2v) is 10.0. The van der Waals surface area contributed by atoms with Gasteiger partial charge in [0.05, 0.1) is 10.9 Å². The highest BCUT2D eigenvalue weighted by Gasteiger charge is 2.27. The molecule has 0 radical (unpaired) electrons. The smallest absolute Gasteiger partial charge is 0.270 e. The lowest BCUT2D eigenvalue weighted by Crippen LogP contribution is -2.46. The highest BCUT2D eigenvalue weighted by atomic mass is 32.1. The standard InChI is InChI=1S/C25H31N5OS/c1-18-5-7-19(8-6-18)16-27-24(31)21-15-23-22(17-26-21)28-25(32-23)30-13-9-20(10-14-30)29-11-3-2-4-12-29/h5-8,15,17,20H,2-4,9-14,16H2,1H3,(H,27,31). The van der Waals surface area contributed by atoms with Crippen molar-refractivity contribution < 1.29 is 4.79 Å². The number of pyridine rings is 1. The first-order valence-electron chi connectivity index (χ1n) is 11.7. The van der Waals surface area contributed by atoms with Crippen LogP contribution in [0.3, 0.4) is 0 Å². The van der Waals surface area contributed by atoms with Crippen LogP contribution in [0.15, 0.2) is 36.5 Å². The molecule has 0 spiro atoms. The van der Waals surface area contributed by atoms with Crippen LogP contribution in [-0.4, -0.2) is 53.0 Å². The summed E-state index contributed by atoms with van der Waals surface area (Å²) in [6, 6.07) is 10.8. The molecule has 0 unspecified atom stereocenters. The number of piperidine rings is 2. The van der Waals surface area contributed by atoms with Gasteiger partial charge in [-0.1, -0.05) is 47.6 Å². The van der Waals surface area contributed by atoms with Crippen molar-refractivity contribution in [3.8, 4) is 0 Å². The number of nitrogens with zero attached hydrogens (tertiary/aromatic N) is 4. The molecule has 2 aromatic heterocycles. The number of thiazole rings is 1. The number of rotatable bonds is 5. The molecule has 7 heteroatoms. The van der Waals surface area contributed by atoms with Gasteiger partial charge < -0.3 is 15.1 Å². The summed E-state index contributed by atoms with van der Waals surface area (Å²) in [5.41, 5.74) is 3.61. The molecule has 0 aliphatic carbocycles. The number of nitrogens with one attached hydrogen (secondary N) is 1. The van der Waals surface area contributed by atoms with Crippen molar-refractivity contribution in [1.82, 2.24) is 20.2 Å². The second-order valence-electron chi connectivity index (χ2n) is 9.02. The summed E-state index contributed by atoms with van der Waals surface area (Å²) in [6.07, 6.45) is 8.25. The van der Waals surface area contributed by atoms with Crippen LogP contribution in [-0.2, 0) is 6.54 Å². The van der Waals surface area contributed by atoms with Crippen molar-refractivity contribution in [2.24, 2.45) is 0 Å². The maximum Gasteiger partial charge on any atom is 0.270 e. The number of hydrogen-bond donors (Lipinski definition) is 1. The minimum atomic E-state index is -0.148. The van der Waals surface area contributed by atoms with Crippen LogP contribution >= 0.6 is 11.3 Å². The summed E-state index contributed by atoms with van der Waals surface area (Å²) in [6.45, 7) is 7.20. The monoisotopic (exact) mass is 449 g/mol. The fraction of sp³-hybridized carbons (Fsp3) is 0.480. The van der Waals surface area contributed by atoms with Gasteiger partial charge in [0.2, 0.25) is 0 Å². The van der Waals surface area contributed by atoms with Gasteiger partial charge in [-0.15, -0.1) is 0 Å². The Bertz CT molecular complexity index is 1070. The minimum Gasteiger partial charge on any atom is -0.348 e. The summed E-state index contributed by atoms with van der Waals surface area (Å²) < 4.78 is 1.02. The lowest BCUT2D eigenvalue weighted by Gasteiger charge is -2.40. The minimum absolute atomic E-state index is 0.148. The number of likely N-dealkylation sites (tertiary alicyclic amines) is 1. The Morgan fingerprint density at radius 2 is 1.84 bits per heavy atom. The van der Waals surface area contributed by atoms with Crippen molar-refractivity contribution in [3.63, 3.8) is 0 Å². The maximum absolute atomic E-state index is 12.6.